The van der Waals surface area contributed by atoms with Gasteiger partial charge in [-0.15, -0.1) is 0 Å². The number of hydrogen-bond acceptors (Lipinski definition) is 3. The van der Waals surface area contributed by atoms with Crippen LogP contribution in [-0.2, 0) is 29.0 Å². The highest BCUT2D eigenvalue weighted by molar-refractivity contribution is 5.79. The van der Waals surface area contributed by atoms with Crippen molar-refractivity contribution < 1.29 is 31.1 Å². The number of rotatable bonds is 7. The zero-order chi connectivity index (χ0) is 32.4. The summed E-state index contributed by atoms with van der Waals surface area (Å²) < 4.78 is 80.8. The van der Waals surface area contributed by atoms with Crippen LogP contribution in [0.4, 0.5) is 26.3 Å². The third kappa shape index (κ3) is 8.23. The van der Waals surface area contributed by atoms with E-state index in [0.29, 0.717) is 37.7 Å². The van der Waals surface area contributed by atoms with E-state index in [1.165, 1.54) is 37.9 Å². The van der Waals surface area contributed by atoms with E-state index in [0.717, 1.165) is 56.4 Å². The molecule has 2 aromatic rings. The number of nitrogens with zero attached hydrogens (tertiary/aromatic N) is 3. The van der Waals surface area contributed by atoms with Crippen molar-refractivity contribution in [1.82, 2.24) is 14.7 Å². The highest BCUT2D eigenvalue weighted by Gasteiger charge is 2.41. The molecule has 5 rings (SSSR count). The number of aryl methyl sites for hydroxylation is 2. The predicted octanol–water partition coefficient (Wildman–Crippen LogP) is 7.78. The Kier molecular flexibility index (Phi) is 10.2. The van der Waals surface area contributed by atoms with Gasteiger partial charge in [0.25, 0.3) is 0 Å². The third-order valence-electron chi connectivity index (χ3n) is 10.3. The average Bonchev–Trinajstić information content (AvgIpc) is 3.01. The Morgan fingerprint density at radius 3 is 2.09 bits per heavy atom. The summed E-state index contributed by atoms with van der Waals surface area (Å²) in [7, 11) is 0. The molecule has 0 spiro atoms. The van der Waals surface area contributed by atoms with Crippen LogP contribution in [0.5, 0.6) is 0 Å². The van der Waals surface area contributed by atoms with E-state index in [4.69, 9.17) is 0 Å². The number of amides is 1. The lowest BCUT2D eigenvalue weighted by Crippen LogP contribution is -2.51. The molecule has 3 fully saturated rings. The second-order valence-electron chi connectivity index (χ2n) is 13.5. The van der Waals surface area contributed by atoms with Crippen LogP contribution >= 0.6 is 0 Å². The molecule has 4 nitrogen and oxygen atoms in total. The van der Waals surface area contributed by atoms with Crippen LogP contribution in [0, 0.1) is 13.8 Å². The smallest absolute Gasteiger partial charge is 0.342 e. The first-order valence-corrected chi connectivity index (χ1v) is 16.3. The summed E-state index contributed by atoms with van der Waals surface area (Å²) >= 11 is 0. The molecule has 45 heavy (non-hydrogen) atoms. The highest BCUT2D eigenvalue weighted by Crippen LogP contribution is 2.41. The third-order valence-corrected chi connectivity index (χ3v) is 10.3. The molecule has 0 radical (unpaired) electrons. The topological polar surface area (TPSA) is 26.8 Å². The van der Waals surface area contributed by atoms with Gasteiger partial charge in [-0.05, 0) is 126 Å². The molecule has 3 heterocycles. The molecule has 3 aliphatic rings. The van der Waals surface area contributed by atoms with Crippen LogP contribution in [-0.4, -0.2) is 72.5 Å². The lowest BCUT2D eigenvalue weighted by molar-refractivity contribution is -0.143. The van der Waals surface area contributed by atoms with Crippen LogP contribution < -0.4 is 0 Å². The Hall–Kier alpha value is -2.59. The number of benzene rings is 2. The standard InChI is InChI=1S/C35H45F6N3O/c1-25-7-8-26(2)31(19-25)33(12-18-42-16-9-30(10-17-42)43-13-4-3-5-14-43)11-6-15-44(24-33)32(45)22-27-20-28(34(36,37)38)23-29(21-27)35(39,40)41/h7-8,19-21,23,30H,3-6,9-18,22,24H2,1-2H3/t33-/m0/s1. The van der Waals surface area contributed by atoms with Gasteiger partial charge in [-0.25, -0.2) is 0 Å². The van der Waals surface area contributed by atoms with Gasteiger partial charge in [0.15, 0.2) is 0 Å². The largest absolute Gasteiger partial charge is 0.416 e. The molecule has 3 aliphatic heterocycles. The van der Waals surface area contributed by atoms with Gasteiger partial charge in [0.1, 0.15) is 0 Å². The molecule has 0 unspecified atom stereocenters. The number of likely N-dealkylation sites (tertiary alicyclic amines) is 3. The number of piperidine rings is 3. The van der Waals surface area contributed by atoms with Crippen LogP contribution in [0.2, 0.25) is 0 Å². The van der Waals surface area contributed by atoms with E-state index in [1.807, 2.05) is 6.92 Å². The number of hydrogen-bond donors (Lipinski definition) is 0. The van der Waals surface area contributed by atoms with E-state index < -0.39 is 35.8 Å². The Morgan fingerprint density at radius 1 is 0.822 bits per heavy atom. The fraction of sp³-hybridized carbons (Fsp3) is 0.629. The molecule has 1 amide bonds. The maximum absolute atomic E-state index is 13.6. The van der Waals surface area contributed by atoms with Gasteiger partial charge in [-0.1, -0.05) is 30.2 Å². The van der Waals surface area contributed by atoms with Crippen molar-refractivity contribution in [3.8, 4) is 0 Å². The molecule has 3 saturated heterocycles. The minimum atomic E-state index is -4.95. The Labute approximate surface area is 262 Å². The number of halogens is 6. The summed E-state index contributed by atoms with van der Waals surface area (Å²) in [5.41, 5.74) is 0.0118. The second kappa shape index (κ2) is 13.6. The summed E-state index contributed by atoms with van der Waals surface area (Å²) in [6.07, 6.45) is -1.82. The molecule has 248 valence electrons. The first-order chi connectivity index (χ1) is 21.2. The van der Waals surface area contributed by atoms with Crippen LogP contribution in [0.1, 0.15) is 84.7 Å². The van der Waals surface area contributed by atoms with Crippen molar-refractivity contribution in [2.45, 2.75) is 95.4 Å². The van der Waals surface area contributed by atoms with E-state index >= 15 is 0 Å². The Bertz CT molecular complexity index is 1300. The quantitative estimate of drug-likeness (QED) is 0.290. The molecule has 2 aromatic carbocycles. The lowest BCUT2D eigenvalue weighted by Gasteiger charge is -2.46. The van der Waals surface area contributed by atoms with Gasteiger partial charge in [-0.3, -0.25) is 4.79 Å². The fourth-order valence-corrected chi connectivity index (χ4v) is 7.78. The molecule has 0 bridgehead atoms. The van der Waals surface area contributed by atoms with Crippen molar-refractivity contribution in [1.29, 1.82) is 0 Å². The van der Waals surface area contributed by atoms with Crippen molar-refractivity contribution in [3.63, 3.8) is 0 Å². The minimum absolute atomic E-state index is 0.107. The van der Waals surface area contributed by atoms with Gasteiger partial charge >= 0.3 is 12.4 Å². The maximum atomic E-state index is 13.6. The number of carbonyl (C=O) groups is 1. The number of carbonyl (C=O) groups excluding carboxylic acids is 1. The molecule has 0 aliphatic carbocycles. The Balaban J connectivity index is 1.33. The molecule has 1 atom stereocenters. The van der Waals surface area contributed by atoms with Crippen LogP contribution in [0.3, 0.4) is 0 Å². The summed E-state index contributed by atoms with van der Waals surface area (Å²) in [4.78, 5) is 20.5. The summed E-state index contributed by atoms with van der Waals surface area (Å²) in [6.45, 7) is 10.3. The average molecular weight is 638 g/mol. The fourth-order valence-electron chi connectivity index (χ4n) is 7.78. The van der Waals surface area contributed by atoms with E-state index in [1.54, 1.807) is 4.90 Å². The van der Waals surface area contributed by atoms with Crippen LogP contribution in [0.25, 0.3) is 0 Å². The molecule has 0 saturated carbocycles. The normalized spacial score (nSPS) is 23.0. The summed E-state index contributed by atoms with van der Waals surface area (Å²) in [5.74, 6) is -0.445. The van der Waals surface area contributed by atoms with E-state index in [2.05, 4.69) is 34.9 Å². The predicted molar refractivity (Wildman–Crippen MR) is 163 cm³/mol. The summed E-state index contributed by atoms with van der Waals surface area (Å²) in [5, 5.41) is 0. The second-order valence-corrected chi connectivity index (χ2v) is 13.5. The molecular formula is C35H45F6N3O. The molecule has 0 N–H and O–H groups in total. The van der Waals surface area contributed by atoms with Gasteiger partial charge in [-0.2, -0.15) is 26.3 Å². The molecular weight excluding hydrogens is 592 g/mol. The van der Waals surface area contributed by atoms with Crippen molar-refractivity contribution in [3.05, 3.63) is 69.8 Å². The first kappa shape index (κ1) is 33.8. The maximum Gasteiger partial charge on any atom is 0.416 e. The van der Waals surface area contributed by atoms with Crippen molar-refractivity contribution >= 4 is 5.91 Å². The first-order valence-electron chi connectivity index (χ1n) is 16.3. The van der Waals surface area contributed by atoms with E-state index in [-0.39, 0.29) is 17.0 Å². The van der Waals surface area contributed by atoms with Gasteiger partial charge in [0, 0.05) is 24.5 Å². The lowest BCUT2D eigenvalue weighted by atomic mass is 9.69. The van der Waals surface area contributed by atoms with E-state index in [9.17, 15) is 31.1 Å². The zero-order valence-corrected chi connectivity index (χ0v) is 26.4. The highest BCUT2D eigenvalue weighted by atomic mass is 19.4. The van der Waals surface area contributed by atoms with Gasteiger partial charge in [0.2, 0.25) is 5.91 Å². The SMILES string of the molecule is Cc1ccc(C)c([C@]2(CCN3CCC(N4CCCCC4)CC3)CCCN(C(=O)Cc3cc(C(F)(F)F)cc(C(F)(F)F)c3)C2)c1. The number of alkyl halides is 6. The van der Waals surface area contributed by atoms with Crippen molar-refractivity contribution in [2.75, 3.05) is 45.8 Å². The monoisotopic (exact) mass is 637 g/mol. The minimum Gasteiger partial charge on any atom is -0.342 e. The zero-order valence-electron chi connectivity index (χ0n) is 26.4. The van der Waals surface area contributed by atoms with Crippen LogP contribution in [0.15, 0.2) is 36.4 Å². The van der Waals surface area contributed by atoms with Gasteiger partial charge in [0.05, 0.1) is 17.5 Å². The Morgan fingerprint density at radius 2 is 1.47 bits per heavy atom. The van der Waals surface area contributed by atoms with Crippen molar-refractivity contribution in [2.24, 2.45) is 0 Å². The molecule has 0 aromatic heterocycles. The summed E-state index contributed by atoms with van der Waals surface area (Å²) in [6, 6.07) is 8.44. The van der Waals surface area contributed by atoms with Gasteiger partial charge < -0.3 is 14.7 Å². The molecule has 10 heteroatoms.